The highest BCUT2D eigenvalue weighted by atomic mass is 32.1. The normalized spacial score (nSPS) is 18.9. The molecule has 0 spiro atoms. The van der Waals surface area contributed by atoms with Crippen molar-refractivity contribution >= 4 is 28.7 Å². The van der Waals surface area contributed by atoms with Crippen molar-refractivity contribution in [3.05, 3.63) is 90.8 Å². The van der Waals surface area contributed by atoms with Crippen molar-refractivity contribution in [3.8, 4) is 0 Å². The number of rotatable bonds is 5. The number of fused-ring (bicyclic) bond motifs is 1. The molecule has 43 heavy (non-hydrogen) atoms. The van der Waals surface area contributed by atoms with Crippen molar-refractivity contribution in [3.63, 3.8) is 0 Å². The van der Waals surface area contributed by atoms with Gasteiger partial charge in [-0.25, -0.2) is 4.98 Å². The fourth-order valence-corrected chi connectivity index (χ4v) is 7.13. The van der Waals surface area contributed by atoms with Gasteiger partial charge in [0.15, 0.2) is 6.10 Å². The lowest BCUT2D eigenvalue weighted by molar-refractivity contribution is -0.142. The molecular weight excluding hydrogens is 581 g/mol. The fraction of sp³-hybridized carbons (Fsp3) is 0.419. The molecule has 2 N–H and O–H groups in total. The summed E-state index contributed by atoms with van der Waals surface area (Å²) >= 11 is 1.64. The van der Waals surface area contributed by atoms with E-state index < -0.39 is 23.8 Å². The minimum atomic E-state index is -4.61. The number of aromatic nitrogens is 2. The van der Waals surface area contributed by atoms with Gasteiger partial charge in [-0.3, -0.25) is 14.4 Å². The molecule has 6 rings (SSSR count). The average molecular weight is 613 g/mol. The zero-order chi connectivity index (χ0) is 30.5. The van der Waals surface area contributed by atoms with Gasteiger partial charge in [0.25, 0.3) is 11.5 Å². The number of benzene rings is 1. The van der Waals surface area contributed by atoms with Gasteiger partial charge in [-0.2, -0.15) is 13.2 Å². The number of carbonyl (C=O) groups is 2. The Balaban J connectivity index is 1.21. The minimum Gasteiger partial charge on any atom is -0.378 e. The highest BCUT2D eigenvalue weighted by Crippen LogP contribution is 2.54. The molecule has 2 aromatic heterocycles. The van der Waals surface area contributed by atoms with Gasteiger partial charge in [0.05, 0.1) is 28.8 Å². The van der Waals surface area contributed by atoms with E-state index in [2.05, 4.69) is 22.5 Å². The van der Waals surface area contributed by atoms with Crippen LogP contribution in [0, 0.1) is 0 Å². The molecule has 1 atom stereocenters. The number of alkyl halides is 3. The molecule has 1 fully saturated rings. The van der Waals surface area contributed by atoms with Gasteiger partial charge in [-0.05, 0) is 72.4 Å². The summed E-state index contributed by atoms with van der Waals surface area (Å²) in [7, 11) is 0. The number of hydrogen-bond acceptors (Lipinski definition) is 6. The van der Waals surface area contributed by atoms with Crippen molar-refractivity contribution < 1.29 is 27.9 Å². The van der Waals surface area contributed by atoms with Crippen LogP contribution in [0.4, 0.5) is 13.2 Å². The van der Waals surface area contributed by atoms with E-state index in [1.165, 1.54) is 16.5 Å². The first kappa shape index (κ1) is 29.3. The SMILES string of the molecule is CC(=O)N1CC=C(c2csc(C3(c4nc5c(c(=O)[nH]4)CN(C(=O)[C@H](O)c4cccc(C(F)(F)F)c4)CCC5)CC3)c2)CC1. The lowest BCUT2D eigenvalue weighted by Crippen LogP contribution is -2.36. The van der Waals surface area contributed by atoms with Gasteiger partial charge in [0, 0.05) is 31.4 Å². The molecule has 1 aliphatic carbocycles. The first-order chi connectivity index (χ1) is 20.5. The fourth-order valence-electron chi connectivity index (χ4n) is 5.93. The maximum Gasteiger partial charge on any atom is 0.416 e. The van der Waals surface area contributed by atoms with Crippen molar-refractivity contribution in [1.82, 2.24) is 19.8 Å². The first-order valence-electron chi connectivity index (χ1n) is 14.3. The number of thiophene rings is 1. The maximum absolute atomic E-state index is 13.4. The lowest BCUT2D eigenvalue weighted by atomic mass is 9.98. The summed E-state index contributed by atoms with van der Waals surface area (Å²) in [5.74, 6) is -0.0893. The lowest BCUT2D eigenvalue weighted by Gasteiger charge is -2.25. The Morgan fingerprint density at radius 2 is 1.93 bits per heavy atom. The quantitative estimate of drug-likeness (QED) is 0.439. The summed E-state index contributed by atoms with van der Waals surface area (Å²) in [6.07, 6.45) is -0.870. The predicted octanol–water partition coefficient (Wildman–Crippen LogP) is 4.57. The number of carbonyl (C=O) groups excluding carboxylic acids is 2. The van der Waals surface area contributed by atoms with Crippen molar-refractivity contribution in [1.29, 1.82) is 0 Å². The van der Waals surface area contributed by atoms with Crippen LogP contribution in [0.1, 0.15) is 77.4 Å². The predicted molar refractivity (Wildman–Crippen MR) is 154 cm³/mol. The molecule has 0 unspecified atom stereocenters. The Kier molecular flexibility index (Phi) is 7.54. The summed E-state index contributed by atoms with van der Waals surface area (Å²) < 4.78 is 39.5. The molecule has 2 aliphatic heterocycles. The second-order valence-corrected chi connectivity index (χ2v) is 12.4. The molecule has 1 aromatic carbocycles. The molecule has 8 nitrogen and oxygen atoms in total. The van der Waals surface area contributed by atoms with Gasteiger partial charge >= 0.3 is 6.18 Å². The third-order valence-electron chi connectivity index (χ3n) is 8.67. The van der Waals surface area contributed by atoms with Crippen molar-refractivity contribution in [2.45, 2.75) is 63.3 Å². The number of aliphatic hydroxyl groups is 1. The molecule has 0 bridgehead atoms. The zero-order valence-corrected chi connectivity index (χ0v) is 24.4. The number of aliphatic hydroxyl groups excluding tert-OH is 1. The Hall–Kier alpha value is -3.77. The molecule has 4 heterocycles. The Morgan fingerprint density at radius 1 is 1.14 bits per heavy atom. The van der Waals surface area contributed by atoms with Crippen molar-refractivity contribution in [2.75, 3.05) is 19.6 Å². The first-order valence-corrected chi connectivity index (χ1v) is 15.1. The summed E-state index contributed by atoms with van der Waals surface area (Å²) in [6.45, 7) is 3.00. The average Bonchev–Trinajstić information content (AvgIpc) is 3.70. The summed E-state index contributed by atoms with van der Waals surface area (Å²) in [5, 5.41) is 12.8. The minimum absolute atomic E-state index is 0.0656. The number of H-pyrrole nitrogens is 1. The molecule has 0 saturated heterocycles. The zero-order valence-electron chi connectivity index (χ0n) is 23.5. The number of nitrogens with one attached hydrogen (secondary N) is 1. The number of halogens is 3. The van der Waals surface area contributed by atoms with Crippen LogP contribution in [0.5, 0.6) is 0 Å². The van der Waals surface area contributed by atoms with Crippen LogP contribution in [-0.4, -0.2) is 56.3 Å². The van der Waals surface area contributed by atoms with Crippen LogP contribution in [-0.2, 0) is 34.1 Å². The molecule has 12 heteroatoms. The number of aryl methyl sites for hydroxylation is 1. The summed E-state index contributed by atoms with van der Waals surface area (Å²) in [4.78, 5) is 50.4. The van der Waals surface area contributed by atoms with Crippen molar-refractivity contribution in [2.24, 2.45) is 0 Å². The van der Waals surface area contributed by atoms with Crippen LogP contribution in [0.2, 0.25) is 0 Å². The molecule has 226 valence electrons. The largest absolute Gasteiger partial charge is 0.416 e. The van der Waals surface area contributed by atoms with E-state index in [4.69, 9.17) is 4.98 Å². The smallest absolute Gasteiger partial charge is 0.378 e. The molecule has 1 saturated carbocycles. The molecule has 3 aliphatic rings. The van der Waals surface area contributed by atoms with Crippen LogP contribution < -0.4 is 5.56 Å². The highest BCUT2D eigenvalue weighted by molar-refractivity contribution is 7.10. The second-order valence-electron chi connectivity index (χ2n) is 11.5. The molecule has 0 radical (unpaired) electrons. The van der Waals surface area contributed by atoms with E-state index in [1.54, 1.807) is 18.3 Å². The van der Waals surface area contributed by atoms with Gasteiger partial charge in [-0.15, -0.1) is 11.3 Å². The van der Waals surface area contributed by atoms with Crippen LogP contribution in [0.3, 0.4) is 0 Å². The number of hydrogen-bond donors (Lipinski definition) is 2. The monoisotopic (exact) mass is 612 g/mol. The van der Waals surface area contributed by atoms with E-state index in [1.807, 2.05) is 4.90 Å². The molecular formula is C31H31F3N4O4S. The standard InChI is InChI=1S/C31H31F3N4O4S/c1-18(39)37-12-7-19(8-13-37)21-15-25(43-17-21)30(9-10-30)29-35-24-6-3-11-38(16-23(24)27(41)36-29)28(42)26(40)20-4-2-5-22(14-20)31(32,33)34/h2,4-5,7,14-15,17,26,40H,3,6,8-13,16H2,1H3,(H,35,36,41)/t26-/m1/s1. The maximum atomic E-state index is 13.4. The molecule has 3 aromatic rings. The van der Waals surface area contributed by atoms with E-state index in [-0.39, 0.29) is 35.5 Å². The number of amides is 2. The van der Waals surface area contributed by atoms with Gasteiger partial charge in [0.1, 0.15) is 5.82 Å². The van der Waals surface area contributed by atoms with E-state index >= 15 is 0 Å². The summed E-state index contributed by atoms with van der Waals surface area (Å²) in [6, 6.07) is 6.24. The van der Waals surface area contributed by atoms with E-state index in [0.29, 0.717) is 43.0 Å². The summed E-state index contributed by atoms with van der Waals surface area (Å²) in [5.41, 5.74) is 1.43. The van der Waals surface area contributed by atoms with Crippen LogP contribution >= 0.6 is 11.3 Å². The third kappa shape index (κ3) is 5.65. The number of nitrogens with zero attached hydrogens (tertiary/aromatic N) is 3. The Labute approximate surface area is 249 Å². The van der Waals surface area contributed by atoms with Crippen LogP contribution in [0.15, 0.2) is 46.6 Å². The van der Waals surface area contributed by atoms with Gasteiger partial charge in [-0.1, -0.05) is 18.2 Å². The van der Waals surface area contributed by atoms with Crippen LogP contribution in [0.25, 0.3) is 5.57 Å². The third-order valence-corrected chi connectivity index (χ3v) is 9.80. The number of aromatic amines is 1. The van der Waals surface area contributed by atoms with Gasteiger partial charge < -0.3 is 19.9 Å². The second kappa shape index (κ2) is 11.1. The van der Waals surface area contributed by atoms with E-state index in [0.717, 1.165) is 47.9 Å². The molecule has 2 amide bonds. The Bertz CT molecular complexity index is 1670. The highest BCUT2D eigenvalue weighted by Gasteiger charge is 2.50. The Morgan fingerprint density at radius 3 is 2.60 bits per heavy atom. The van der Waals surface area contributed by atoms with E-state index in [9.17, 15) is 32.7 Å². The topological polar surface area (TPSA) is 107 Å². The van der Waals surface area contributed by atoms with Gasteiger partial charge in [0.2, 0.25) is 5.91 Å².